The molecule has 0 aliphatic carbocycles. The Morgan fingerprint density at radius 1 is 1.50 bits per heavy atom. The molecule has 0 bridgehead atoms. The van der Waals surface area contributed by atoms with Gasteiger partial charge in [-0.3, -0.25) is 0 Å². The molecular weight excluding hydrogens is 233 g/mol. The van der Waals surface area contributed by atoms with Crippen LogP contribution in [-0.2, 0) is 0 Å². The normalized spacial score (nSPS) is 10.8. The molecule has 2 aromatic heterocycles. The third kappa shape index (κ3) is 0.922. The summed E-state index contributed by atoms with van der Waals surface area (Å²) in [6.07, 6.45) is 1.78. The van der Waals surface area contributed by atoms with Crippen LogP contribution in [-0.4, -0.2) is 27.5 Å². The van der Waals surface area contributed by atoms with Gasteiger partial charge >= 0.3 is 71.2 Å². The molecule has 0 fully saturated rings. The maximum atomic E-state index is 5.40. The Hall–Kier alpha value is -0.511. The molecule has 2 heterocycles. The molecule has 0 atom stereocenters. The third-order valence-electron chi connectivity index (χ3n) is 1.41. The number of aromatic nitrogens is 1. The minimum atomic E-state index is 0.463. The summed E-state index contributed by atoms with van der Waals surface area (Å²) in [7, 11) is 0. The second kappa shape index (κ2) is 2.27. The Morgan fingerprint density at radius 3 is 3.20 bits per heavy atom. The van der Waals surface area contributed by atoms with Gasteiger partial charge in [0.15, 0.2) is 0 Å². The molecule has 0 saturated heterocycles. The van der Waals surface area contributed by atoms with Gasteiger partial charge in [0.1, 0.15) is 0 Å². The quantitative estimate of drug-likeness (QED) is 0.597. The average Bonchev–Trinajstić information content (AvgIpc) is 2.27. The van der Waals surface area contributed by atoms with Crippen molar-refractivity contribution < 1.29 is 4.42 Å². The van der Waals surface area contributed by atoms with Gasteiger partial charge in [0.05, 0.1) is 0 Å². The Morgan fingerprint density at radius 2 is 2.40 bits per heavy atom. The zero-order valence-corrected chi connectivity index (χ0v) is 11.4. The van der Waals surface area contributed by atoms with Crippen LogP contribution in [0.25, 0.3) is 11.1 Å². The Labute approximate surface area is 71.3 Å². The molecule has 0 spiro atoms. The molecule has 3 heteroatoms. The second-order valence-electron chi connectivity index (χ2n) is 2.24. The van der Waals surface area contributed by atoms with Gasteiger partial charge in [-0.1, -0.05) is 0 Å². The molecule has 2 rings (SSSR count). The molecule has 2 aromatic rings. The summed E-state index contributed by atoms with van der Waals surface area (Å²) in [5.74, 6) is 0. The summed E-state index contributed by atoms with van der Waals surface area (Å²) in [4.78, 5) is 4.14. The van der Waals surface area contributed by atoms with E-state index in [0.717, 1.165) is 14.9 Å². The van der Waals surface area contributed by atoms with Crippen molar-refractivity contribution in [3.05, 3.63) is 24.4 Å². The average molecular weight is 240 g/mol. The topological polar surface area (TPSA) is 26.0 Å². The fourth-order valence-electron chi connectivity index (χ4n) is 0.993. The predicted octanol–water partition coefficient (Wildman–Crippen LogP) is -0.181. The molecule has 0 radical (unpaired) electrons. The van der Waals surface area contributed by atoms with E-state index in [4.69, 9.17) is 4.42 Å². The van der Waals surface area contributed by atoms with Crippen LogP contribution in [0.1, 0.15) is 0 Å². The molecule has 50 valence electrons. The summed E-state index contributed by atoms with van der Waals surface area (Å²) in [5, 5.41) is 0. The fraction of sp³-hybridized carbons (Fsp3) is 0. The standard InChI is InChI=1S/C7H4NO.Sn.3H/c1-2-7-6(8-4-1)3-5-9-7;;;;/h1-4H;;;;. The monoisotopic (exact) mass is 241 g/mol. The first-order chi connectivity index (χ1) is 4.86. The zero-order valence-electron chi connectivity index (χ0n) is 5.66. The van der Waals surface area contributed by atoms with Crippen molar-refractivity contribution >= 4 is 37.4 Å². The van der Waals surface area contributed by atoms with E-state index in [1.54, 1.807) is 6.20 Å². The van der Waals surface area contributed by atoms with E-state index in [0.29, 0.717) is 22.5 Å². The Bertz CT molecular complexity index is 322. The number of pyridine rings is 1. The van der Waals surface area contributed by atoms with Gasteiger partial charge in [0.2, 0.25) is 0 Å². The number of hydrogen-bond acceptors (Lipinski definition) is 2. The van der Waals surface area contributed by atoms with Crippen molar-refractivity contribution in [2.45, 2.75) is 0 Å². The third-order valence-corrected chi connectivity index (χ3v) is 2.82. The van der Waals surface area contributed by atoms with Crippen molar-refractivity contribution in [3.8, 4) is 0 Å². The summed E-state index contributed by atoms with van der Waals surface area (Å²) in [6, 6.07) is 5.85. The van der Waals surface area contributed by atoms with Gasteiger partial charge in [-0.2, -0.15) is 0 Å². The van der Waals surface area contributed by atoms with Gasteiger partial charge in [-0.25, -0.2) is 0 Å². The number of rotatable bonds is 0. The van der Waals surface area contributed by atoms with Gasteiger partial charge < -0.3 is 0 Å². The van der Waals surface area contributed by atoms with Crippen molar-refractivity contribution in [1.29, 1.82) is 0 Å². The predicted molar refractivity (Wildman–Crippen MR) is 43.6 cm³/mol. The Balaban J connectivity index is 2.88. The first kappa shape index (κ1) is 6.22. The molecule has 0 saturated carbocycles. The van der Waals surface area contributed by atoms with Crippen LogP contribution in [0.5, 0.6) is 0 Å². The summed E-state index contributed by atoms with van der Waals surface area (Å²) in [6.45, 7) is 0. The van der Waals surface area contributed by atoms with Crippen LogP contribution in [0.2, 0.25) is 0 Å². The van der Waals surface area contributed by atoms with E-state index in [1.807, 2.05) is 18.2 Å². The molecular formula is C7H7NOSn. The van der Waals surface area contributed by atoms with Crippen molar-refractivity contribution in [2.24, 2.45) is 0 Å². The molecule has 0 aromatic carbocycles. The zero-order chi connectivity index (χ0) is 6.97. The van der Waals surface area contributed by atoms with Crippen LogP contribution in [0, 0.1) is 0 Å². The second-order valence-corrected chi connectivity index (χ2v) is 5.06. The Kier molecular flexibility index (Phi) is 1.41. The maximum absolute atomic E-state index is 5.40. The number of hydrogen-bond donors (Lipinski definition) is 0. The number of furan rings is 1. The first-order valence-corrected chi connectivity index (χ1v) is 6.03. The van der Waals surface area contributed by atoms with E-state index >= 15 is 0 Å². The van der Waals surface area contributed by atoms with Gasteiger partial charge in [0, 0.05) is 0 Å². The van der Waals surface area contributed by atoms with Crippen LogP contribution < -0.4 is 3.78 Å². The van der Waals surface area contributed by atoms with E-state index in [2.05, 4.69) is 4.98 Å². The molecule has 0 N–H and O–H groups in total. The molecule has 0 aliphatic heterocycles. The molecule has 2 nitrogen and oxygen atoms in total. The minimum absolute atomic E-state index is 0.463. The van der Waals surface area contributed by atoms with Gasteiger partial charge in [0.25, 0.3) is 0 Å². The van der Waals surface area contributed by atoms with E-state index < -0.39 is 0 Å². The molecule has 0 aliphatic rings. The summed E-state index contributed by atoms with van der Waals surface area (Å²) < 4.78 is 6.52. The van der Waals surface area contributed by atoms with Crippen molar-refractivity contribution in [3.63, 3.8) is 0 Å². The molecule has 10 heavy (non-hydrogen) atoms. The van der Waals surface area contributed by atoms with E-state index in [1.165, 1.54) is 0 Å². The number of nitrogens with zero attached hydrogens (tertiary/aromatic N) is 1. The van der Waals surface area contributed by atoms with Crippen molar-refractivity contribution in [2.75, 3.05) is 0 Å². The van der Waals surface area contributed by atoms with E-state index in [-0.39, 0.29) is 0 Å². The van der Waals surface area contributed by atoms with Crippen LogP contribution >= 0.6 is 0 Å². The first-order valence-electron chi connectivity index (χ1n) is 3.17. The van der Waals surface area contributed by atoms with Crippen LogP contribution in [0.3, 0.4) is 0 Å². The number of fused-ring (bicyclic) bond motifs is 1. The van der Waals surface area contributed by atoms with Gasteiger partial charge in [-0.15, -0.1) is 0 Å². The summed E-state index contributed by atoms with van der Waals surface area (Å²) >= 11 is 0.463. The molecule has 0 unspecified atom stereocenters. The van der Waals surface area contributed by atoms with Crippen LogP contribution in [0.4, 0.5) is 0 Å². The fourth-order valence-corrected chi connectivity index (χ4v) is 2.40. The molecule has 0 amide bonds. The van der Waals surface area contributed by atoms with Gasteiger partial charge in [-0.05, 0) is 0 Å². The summed E-state index contributed by atoms with van der Waals surface area (Å²) in [5.41, 5.74) is 1.90. The van der Waals surface area contributed by atoms with Crippen LogP contribution in [0.15, 0.2) is 28.8 Å². The SMILES string of the molecule is [SnH3][c]1cc2ncccc2o1. The van der Waals surface area contributed by atoms with Crippen molar-refractivity contribution in [1.82, 2.24) is 4.98 Å². The van der Waals surface area contributed by atoms with E-state index in [9.17, 15) is 0 Å².